The van der Waals surface area contributed by atoms with E-state index < -0.39 is 9.84 Å². The van der Waals surface area contributed by atoms with Crippen LogP contribution in [-0.2, 0) is 23.0 Å². The van der Waals surface area contributed by atoms with Crippen LogP contribution >= 0.6 is 0 Å². The summed E-state index contributed by atoms with van der Waals surface area (Å²) in [7, 11) is -3.33. The zero-order valence-electron chi connectivity index (χ0n) is 24.4. The molecule has 0 atom stereocenters. The molecular weight excluding hydrogens is 590 g/mol. The van der Waals surface area contributed by atoms with Gasteiger partial charge in [-0.15, -0.1) is 5.10 Å². The molecule has 6 aromatic rings. The Kier molecular flexibility index (Phi) is 8.56. The number of benzene rings is 5. The molecule has 9 nitrogen and oxygen atoms in total. The second-order valence-electron chi connectivity index (χ2n) is 10.3. The van der Waals surface area contributed by atoms with Crippen LogP contribution in [0.1, 0.15) is 16.1 Å². The molecule has 0 aliphatic heterocycles. The lowest BCUT2D eigenvalue weighted by Gasteiger charge is -2.16. The summed E-state index contributed by atoms with van der Waals surface area (Å²) in [5.41, 5.74) is 2.97. The number of aromatic nitrogens is 3. The van der Waals surface area contributed by atoms with Gasteiger partial charge in [0, 0.05) is 17.2 Å². The molecule has 10 heteroatoms. The van der Waals surface area contributed by atoms with Crippen LogP contribution in [0.2, 0.25) is 0 Å². The Morgan fingerprint density at radius 3 is 2.24 bits per heavy atom. The Labute approximate surface area is 260 Å². The molecule has 0 aliphatic carbocycles. The first-order chi connectivity index (χ1) is 21.9. The molecule has 0 spiro atoms. The summed E-state index contributed by atoms with van der Waals surface area (Å²) in [4.78, 5) is 11.1. The summed E-state index contributed by atoms with van der Waals surface area (Å²) in [6.07, 6.45) is 3.39. The van der Waals surface area contributed by atoms with E-state index in [4.69, 9.17) is 14.2 Å². The van der Waals surface area contributed by atoms with Crippen molar-refractivity contribution in [3.05, 3.63) is 127 Å². The molecule has 0 aliphatic rings. The minimum Gasteiger partial charge on any atom is -0.492 e. The maximum Gasteiger partial charge on any atom is 0.175 e. The normalized spacial score (nSPS) is 11.3. The highest BCUT2D eigenvalue weighted by molar-refractivity contribution is 7.90. The fraction of sp³-hybridized carbons (Fsp3) is 0.114. The second-order valence-corrected chi connectivity index (χ2v) is 12.4. The smallest absolute Gasteiger partial charge is 0.175 e. The SMILES string of the molecule is CS(=O)(=O)c1ccc(-c2ccc3cc(OCc4ccccc4)ccc3c2Oc2ccc(OCCn3cc(C=O)nn3)cc2)cc1. The third-order valence-electron chi connectivity index (χ3n) is 7.09. The van der Waals surface area contributed by atoms with Crippen LogP contribution in [0.4, 0.5) is 0 Å². The summed E-state index contributed by atoms with van der Waals surface area (Å²) in [6, 6.07) is 33.8. The van der Waals surface area contributed by atoms with Crippen molar-refractivity contribution in [2.75, 3.05) is 12.9 Å². The molecule has 1 aromatic heterocycles. The first kappa shape index (κ1) is 29.6. The monoisotopic (exact) mass is 619 g/mol. The van der Waals surface area contributed by atoms with Gasteiger partial charge in [0.1, 0.15) is 41.9 Å². The van der Waals surface area contributed by atoms with Crippen LogP contribution < -0.4 is 14.2 Å². The Bertz CT molecular complexity index is 2040. The maximum atomic E-state index is 12.1. The zero-order chi connectivity index (χ0) is 31.2. The number of fused-ring (bicyclic) bond motifs is 1. The lowest BCUT2D eigenvalue weighted by molar-refractivity contribution is 0.111. The molecule has 0 bridgehead atoms. The topological polar surface area (TPSA) is 110 Å². The first-order valence-corrected chi connectivity index (χ1v) is 16.0. The van der Waals surface area contributed by atoms with E-state index in [1.165, 1.54) is 6.26 Å². The number of hydrogen-bond acceptors (Lipinski definition) is 8. The molecule has 45 heavy (non-hydrogen) atoms. The molecular formula is C35H29N3O6S. The lowest BCUT2D eigenvalue weighted by atomic mass is 9.99. The zero-order valence-corrected chi connectivity index (χ0v) is 25.2. The maximum absolute atomic E-state index is 12.1. The van der Waals surface area contributed by atoms with Crippen molar-refractivity contribution in [1.82, 2.24) is 15.0 Å². The summed E-state index contributed by atoms with van der Waals surface area (Å²) >= 11 is 0. The van der Waals surface area contributed by atoms with Crippen LogP contribution in [0.15, 0.2) is 120 Å². The summed E-state index contributed by atoms with van der Waals surface area (Å²) in [5.74, 6) is 2.60. The molecule has 0 fully saturated rings. The highest BCUT2D eigenvalue weighted by atomic mass is 32.2. The third-order valence-corrected chi connectivity index (χ3v) is 8.22. The lowest BCUT2D eigenvalue weighted by Crippen LogP contribution is -2.08. The standard InChI is InChI=1S/C35H29N3O6S/c1-45(40,41)32-15-7-26(8-16-32)33-17-9-27-21-31(43-24-25-5-3-2-4-6-25)14-18-34(27)35(33)44-30-12-10-29(11-13-30)42-20-19-38-22-28(23-39)36-37-38/h2-18,21-23H,19-20,24H2,1H3. The van der Waals surface area contributed by atoms with Crippen molar-refractivity contribution in [2.45, 2.75) is 18.0 Å². The predicted molar refractivity (Wildman–Crippen MR) is 171 cm³/mol. The first-order valence-electron chi connectivity index (χ1n) is 14.2. The van der Waals surface area contributed by atoms with E-state index in [0.29, 0.717) is 43.3 Å². The summed E-state index contributed by atoms with van der Waals surface area (Å²) in [5, 5.41) is 9.42. The van der Waals surface area contributed by atoms with E-state index in [1.54, 1.807) is 35.1 Å². The van der Waals surface area contributed by atoms with Crippen LogP contribution in [-0.4, -0.2) is 42.6 Å². The molecule has 6 rings (SSSR count). The van der Waals surface area contributed by atoms with Crippen molar-refractivity contribution in [3.63, 3.8) is 0 Å². The van der Waals surface area contributed by atoms with Gasteiger partial charge in [-0.05, 0) is 77.2 Å². The van der Waals surface area contributed by atoms with Gasteiger partial charge in [0.2, 0.25) is 0 Å². The minimum absolute atomic E-state index is 0.248. The van der Waals surface area contributed by atoms with Crippen LogP contribution in [0.25, 0.3) is 21.9 Å². The van der Waals surface area contributed by atoms with E-state index in [9.17, 15) is 13.2 Å². The van der Waals surface area contributed by atoms with Crippen molar-refractivity contribution < 1.29 is 27.4 Å². The van der Waals surface area contributed by atoms with E-state index in [0.717, 1.165) is 33.2 Å². The van der Waals surface area contributed by atoms with E-state index >= 15 is 0 Å². The van der Waals surface area contributed by atoms with Gasteiger partial charge in [0.15, 0.2) is 16.1 Å². The highest BCUT2D eigenvalue weighted by Gasteiger charge is 2.15. The van der Waals surface area contributed by atoms with Crippen LogP contribution in [0, 0.1) is 0 Å². The quantitative estimate of drug-likeness (QED) is 0.138. The van der Waals surface area contributed by atoms with Gasteiger partial charge in [-0.1, -0.05) is 53.7 Å². The van der Waals surface area contributed by atoms with Gasteiger partial charge in [-0.2, -0.15) is 0 Å². The van der Waals surface area contributed by atoms with E-state index in [2.05, 4.69) is 10.3 Å². The highest BCUT2D eigenvalue weighted by Crippen LogP contribution is 2.41. The van der Waals surface area contributed by atoms with E-state index in [-0.39, 0.29) is 10.6 Å². The molecule has 0 amide bonds. The van der Waals surface area contributed by atoms with Crippen molar-refractivity contribution >= 4 is 26.9 Å². The van der Waals surface area contributed by atoms with Crippen LogP contribution in [0.3, 0.4) is 0 Å². The van der Waals surface area contributed by atoms with Crippen molar-refractivity contribution in [2.24, 2.45) is 0 Å². The number of carbonyl (C=O) groups excluding carboxylic acids is 1. The number of carbonyl (C=O) groups is 1. The number of sulfone groups is 1. The molecule has 0 unspecified atom stereocenters. The third kappa shape index (κ3) is 7.19. The van der Waals surface area contributed by atoms with Crippen LogP contribution in [0.5, 0.6) is 23.0 Å². The number of hydrogen-bond donors (Lipinski definition) is 0. The van der Waals surface area contributed by atoms with E-state index in [1.807, 2.05) is 84.9 Å². The van der Waals surface area contributed by atoms with Gasteiger partial charge < -0.3 is 14.2 Å². The Hall–Kier alpha value is -5.48. The van der Waals surface area contributed by atoms with Crippen molar-refractivity contribution in [1.29, 1.82) is 0 Å². The fourth-order valence-corrected chi connectivity index (χ4v) is 5.41. The summed E-state index contributed by atoms with van der Waals surface area (Å²) in [6.45, 7) is 1.23. The Morgan fingerprint density at radius 1 is 0.800 bits per heavy atom. The largest absolute Gasteiger partial charge is 0.492 e. The Balaban J connectivity index is 1.26. The summed E-state index contributed by atoms with van der Waals surface area (Å²) < 4.78 is 44.1. The van der Waals surface area contributed by atoms with Crippen molar-refractivity contribution in [3.8, 4) is 34.1 Å². The molecule has 226 valence electrons. The van der Waals surface area contributed by atoms with Gasteiger partial charge in [0.05, 0.1) is 17.6 Å². The van der Waals surface area contributed by atoms with Gasteiger partial charge in [-0.3, -0.25) is 4.79 Å². The number of rotatable bonds is 12. The molecule has 5 aromatic carbocycles. The molecule has 0 radical (unpaired) electrons. The minimum atomic E-state index is -3.33. The number of aldehydes is 1. The molecule has 0 N–H and O–H groups in total. The second kappa shape index (κ2) is 13.0. The Morgan fingerprint density at radius 2 is 1.53 bits per heavy atom. The molecule has 0 saturated heterocycles. The van der Waals surface area contributed by atoms with Gasteiger partial charge in [0.25, 0.3) is 0 Å². The molecule has 1 heterocycles. The number of nitrogens with zero attached hydrogens (tertiary/aromatic N) is 3. The predicted octanol–water partition coefficient (Wildman–Crippen LogP) is 6.76. The average Bonchev–Trinajstić information content (AvgIpc) is 3.53. The average molecular weight is 620 g/mol. The number of ether oxygens (including phenoxy) is 3. The fourth-order valence-electron chi connectivity index (χ4n) is 4.78. The van der Waals surface area contributed by atoms with Gasteiger partial charge in [-0.25, -0.2) is 13.1 Å². The van der Waals surface area contributed by atoms with Gasteiger partial charge >= 0.3 is 0 Å². The molecule has 0 saturated carbocycles.